The highest BCUT2D eigenvalue weighted by molar-refractivity contribution is 6.31. The van der Waals surface area contributed by atoms with E-state index in [1.807, 2.05) is 73.1 Å². The molecular weight excluding hydrogens is 450 g/mol. The normalized spacial score (nSPS) is 15.0. The van der Waals surface area contributed by atoms with Gasteiger partial charge in [-0.3, -0.25) is 9.59 Å². The summed E-state index contributed by atoms with van der Waals surface area (Å²) in [7, 11) is 3.51. The van der Waals surface area contributed by atoms with Gasteiger partial charge in [-0.1, -0.05) is 48.0 Å². The summed E-state index contributed by atoms with van der Waals surface area (Å²) < 4.78 is 7.23. The third-order valence-electron chi connectivity index (χ3n) is 6.40. The Morgan fingerprint density at radius 1 is 1.09 bits per heavy atom. The maximum absolute atomic E-state index is 13.7. The molecule has 1 aliphatic rings. The summed E-state index contributed by atoms with van der Waals surface area (Å²) in [6, 6.07) is 20.5. The SMILES string of the molecule is COc1ccc([C@H]2c3c(n(C)c4ccccc34)C(=O)N2CC(=O)Nc2ccc(C)c(Cl)c2)cc1. The lowest BCUT2D eigenvalue weighted by molar-refractivity contribution is -0.117. The first-order valence-corrected chi connectivity index (χ1v) is 11.3. The maximum atomic E-state index is 13.7. The van der Waals surface area contributed by atoms with E-state index < -0.39 is 6.04 Å². The van der Waals surface area contributed by atoms with E-state index in [9.17, 15) is 9.59 Å². The van der Waals surface area contributed by atoms with Crippen LogP contribution in [0.3, 0.4) is 0 Å². The number of carbonyl (C=O) groups excluding carboxylic acids is 2. The van der Waals surface area contributed by atoms with E-state index in [0.29, 0.717) is 16.4 Å². The number of aryl methyl sites for hydroxylation is 2. The van der Waals surface area contributed by atoms with Crippen molar-refractivity contribution in [2.24, 2.45) is 7.05 Å². The third kappa shape index (κ3) is 3.60. The molecule has 0 fully saturated rings. The molecule has 2 amide bonds. The van der Waals surface area contributed by atoms with Crippen LogP contribution in [0.25, 0.3) is 10.9 Å². The highest BCUT2D eigenvalue weighted by Gasteiger charge is 2.42. The van der Waals surface area contributed by atoms with E-state index in [4.69, 9.17) is 16.3 Å². The summed E-state index contributed by atoms with van der Waals surface area (Å²) in [5, 5.41) is 4.45. The van der Waals surface area contributed by atoms with Crippen molar-refractivity contribution in [2.45, 2.75) is 13.0 Å². The van der Waals surface area contributed by atoms with Crippen LogP contribution in [0, 0.1) is 6.92 Å². The molecule has 34 heavy (non-hydrogen) atoms. The van der Waals surface area contributed by atoms with Gasteiger partial charge >= 0.3 is 0 Å². The van der Waals surface area contributed by atoms with Crippen molar-refractivity contribution in [1.82, 2.24) is 9.47 Å². The molecule has 1 atom stereocenters. The highest BCUT2D eigenvalue weighted by atomic mass is 35.5. The van der Waals surface area contributed by atoms with Gasteiger partial charge in [0.15, 0.2) is 0 Å². The molecule has 0 radical (unpaired) electrons. The van der Waals surface area contributed by atoms with Gasteiger partial charge in [0.05, 0.1) is 13.2 Å². The van der Waals surface area contributed by atoms with Gasteiger partial charge in [-0.25, -0.2) is 0 Å². The number of rotatable bonds is 5. The lowest BCUT2D eigenvalue weighted by Crippen LogP contribution is -2.37. The quantitative estimate of drug-likeness (QED) is 0.426. The lowest BCUT2D eigenvalue weighted by Gasteiger charge is -2.26. The fourth-order valence-corrected chi connectivity index (χ4v) is 4.87. The van der Waals surface area contributed by atoms with Gasteiger partial charge in [0, 0.05) is 34.2 Å². The molecule has 7 heteroatoms. The average Bonchev–Trinajstić information content (AvgIpc) is 3.29. The molecule has 0 spiro atoms. The van der Waals surface area contributed by atoms with Crippen LogP contribution in [0.5, 0.6) is 5.75 Å². The van der Waals surface area contributed by atoms with Crippen molar-refractivity contribution >= 4 is 40.0 Å². The number of hydrogen-bond acceptors (Lipinski definition) is 3. The fourth-order valence-electron chi connectivity index (χ4n) is 4.69. The van der Waals surface area contributed by atoms with Crippen molar-refractivity contribution in [3.8, 4) is 5.75 Å². The number of benzene rings is 3. The smallest absolute Gasteiger partial charge is 0.272 e. The number of ether oxygens (including phenoxy) is 1. The predicted octanol–water partition coefficient (Wildman–Crippen LogP) is 5.33. The van der Waals surface area contributed by atoms with Crippen LogP contribution in [0.2, 0.25) is 5.02 Å². The summed E-state index contributed by atoms with van der Waals surface area (Å²) >= 11 is 6.21. The summed E-state index contributed by atoms with van der Waals surface area (Å²) in [5.74, 6) is 0.266. The van der Waals surface area contributed by atoms with Gasteiger partial charge in [0.1, 0.15) is 18.0 Å². The number of carbonyl (C=O) groups is 2. The van der Waals surface area contributed by atoms with Crippen LogP contribution < -0.4 is 10.1 Å². The largest absolute Gasteiger partial charge is 0.497 e. The zero-order valence-corrected chi connectivity index (χ0v) is 19.9. The molecule has 2 heterocycles. The molecular formula is C27H24ClN3O3. The molecule has 4 aromatic rings. The molecule has 3 aromatic carbocycles. The highest BCUT2D eigenvalue weighted by Crippen LogP contribution is 2.44. The fraction of sp³-hybridized carbons (Fsp3) is 0.185. The van der Waals surface area contributed by atoms with E-state index in [1.165, 1.54) is 0 Å². The molecule has 0 unspecified atom stereocenters. The Morgan fingerprint density at radius 2 is 1.82 bits per heavy atom. The van der Waals surface area contributed by atoms with Crippen molar-refractivity contribution in [3.05, 3.63) is 94.1 Å². The van der Waals surface area contributed by atoms with Crippen LogP contribution in [0.1, 0.15) is 33.2 Å². The lowest BCUT2D eigenvalue weighted by atomic mass is 9.98. The number of aromatic nitrogens is 1. The van der Waals surface area contributed by atoms with Crippen molar-refractivity contribution in [2.75, 3.05) is 19.0 Å². The Hall–Kier alpha value is -3.77. The first kappa shape index (κ1) is 22.0. The van der Waals surface area contributed by atoms with Crippen LogP contribution in [0.4, 0.5) is 5.69 Å². The minimum absolute atomic E-state index is 0.0932. The maximum Gasteiger partial charge on any atom is 0.272 e. The third-order valence-corrected chi connectivity index (χ3v) is 6.80. The second-order valence-electron chi connectivity index (χ2n) is 8.46. The molecule has 6 nitrogen and oxygen atoms in total. The minimum atomic E-state index is -0.396. The number of methoxy groups -OCH3 is 1. The Labute approximate surface area is 202 Å². The van der Waals surface area contributed by atoms with Crippen molar-refractivity contribution < 1.29 is 14.3 Å². The van der Waals surface area contributed by atoms with Gasteiger partial charge in [0.25, 0.3) is 5.91 Å². The second-order valence-corrected chi connectivity index (χ2v) is 8.87. The zero-order valence-electron chi connectivity index (χ0n) is 19.1. The van der Waals surface area contributed by atoms with Crippen LogP contribution in [-0.4, -0.2) is 34.9 Å². The van der Waals surface area contributed by atoms with E-state index >= 15 is 0 Å². The molecule has 172 valence electrons. The predicted molar refractivity (Wildman–Crippen MR) is 134 cm³/mol. The van der Waals surface area contributed by atoms with E-state index in [2.05, 4.69) is 5.32 Å². The number of para-hydroxylation sites is 1. The standard InChI is InChI=1S/C27H24ClN3O3/c1-16-8-11-18(14-21(16)28)29-23(32)15-31-25(17-9-12-19(34-3)13-10-17)24-20-6-4-5-7-22(20)30(2)26(24)27(31)33/h4-14,25H,15H2,1-3H3,(H,29,32)/t25-/m0/s1. The number of halogens is 1. The number of anilines is 1. The number of hydrogen-bond donors (Lipinski definition) is 1. The summed E-state index contributed by atoms with van der Waals surface area (Å²) in [6.45, 7) is 1.81. The molecule has 0 aliphatic carbocycles. The van der Waals surface area contributed by atoms with Crippen LogP contribution in [-0.2, 0) is 11.8 Å². The number of nitrogens with zero attached hydrogens (tertiary/aromatic N) is 2. The summed E-state index contributed by atoms with van der Waals surface area (Å²) in [4.78, 5) is 28.3. The molecule has 1 aliphatic heterocycles. The molecule has 0 saturated heterocycles. The minimum Gasteiger partial charge on any atom is -0.497 e. The van der Waals surface area contributed by atoms with E-state index in [1.54, 1.807) is 24.1 Å². The van der Waals surface area contributed by atoms with Crippen LogP contribution in [0.15, 0.2) is 66.7 Å². The average molecular weight is 474 g/mol. The van der Waals surface area contributed by atoms with Gasteiger partial charge in [-0.15, -0.1) is 0 Å². The molecule has 0 saturated carbocycles. The Kier molecular flexibility index (Phi) is 5.54. The topological polar surface area (TPSA) is 63.6 Å². The van der Waals surface area contributed by atoms with Gasteiger partial charge in [-0.05, 0) is 48.4 Å². The van der Waals surface area contributed by atoms with Crippen molar-refractivity contribution in [3.63, 3.8) is 0 Å². The van der Waals surface area contributed by atoms with Gasteiger partial charge < -0.3 is 19.5 Å². The zero-order chi connectivity index (χ0) is 24.0. The van der Waals surface area contributed by atoms with E-state index in [0.717, 1.165) is 33.3 Å². The molecule has 1 N–H and O–H groups in total. The molecule has 1 aromatic heterocycles. The molecule has 0 bridgehead atoms. The van der Waals surface area contributed by atoms with Crippen LogP contribution >= 0.6 is 11.6 Å². The van der Waals surface area contributed by atoms with E-state index in [-0.39, 0.29) is 18.4 Å². The summed E-state index contributed by atoms with van der Waals surface area (Å²) in [5.41, 5.74) is 4.94. The van der Waals surface area contributed by atoms with Gasteiger partial charge in [-0.2, -0.15) is 0 Å². The Morgan fingerprint density at radius 3 is 2.53 bits per heavy atom. The van der Waals surface area contributed by atoms with Gasteiger partial charge in [0.2, 0.25) is 5.91 Å². The number of nitrogens with one attached hydrogen (secondary N) is 1. The number of amides is 2. The number of fused-ring (bicyclic) bond motifs is 3. The molecule has 5 rings (SSSR count). The first-order chi connectivity index (χ1) is 16.4. The second kappa shape index (κ2) is 8.54. The van der Waals surface area contributed by atoms with Crippen molar-refractivity contribution in [1.29, 1.82) is 0 Å². The first-order valence-electron chi connectivity index (χ1n) is 11.0. The Balaban J connectivity index is 1.54. The summed E-state index contributed by atoms with van der Waals surface area (Å²) in [6.07, 6.45) is 0. The monoisotopic (exact) mass is 473 g/mol. The Bertz CT molecular complexity index is 1430.